The molecule has 1 unspecified atom stereocenters. The summed E-state index contributed by atoms with van der Waals surface area (Å²) in [4.78, 5) is 21.6. The van der Waals surface area contributed by atoms with Gasteiger partial charge in [0.2, 0.25) is 0 Å². The Hall–Kier alpha value is -2.80. The number of nitrogens with zero attached hydrogens (tertiary/aromatic N) is 3. The Bertz CT molecular complexity index is 1170. The van der Waals surface area contributed by atoms with Gasteiger partial charge in [0.05, 0.1) is 6.10 Å². The van der Waals surface area contributed by atoms with E-state index in [0.29, 0.717) is 27.2 Å². The van der Waals surface area contributed by atoms with Crippen LogP contribution in [0.15, 0.2) is 60.8 Å². The summed E-state index contributed by atoms with van der Waals surface area (Å²) in [6, 6.07) is 17.0. The van der Waals surface area contributed by atoms with Crippen LogP contribution in [0, 0.1) is 0 Å². The molecule has 0 spiro atoms. The Morgan fingerprint density at radius 3 is 2.63 bits per heavy atom. The molecule has 1 aromatic heterocycles. The van der Waals surface area contributed by atoms with Crippen LogP contribution in [0.1, 0.15) is 36.2 Å². The van der Waals surface area contributed by atoms with Crippen LogP contribution in [0.3, 0.4) is 0 Å². The first-order chi connectivity index (χ1) is 16.8. The number of likely N-dealkylation sites (tertiary alicyclic amines) is 1. The van der Waals surface area contributed by atoms with Crippen molar-refractivity contribution < 1.29 is 14.3 Å². The maximum Gasteiger partial charge on any atom is 0.342 e. The minimum absolute atomic E-state index is 0.182. The fourth-order valence-electron chi connectivity index (χ4n) is 4.25. The molecule has 4 rings (SSSR count). The number of benzene rings is 2. The second-order valence-electron chi connectivity index (χ2n) is 8.97. The first kappa shape index (κ1) is 25.3. The largest absolute Gasteiger partial charge is 0.459 e. The first-order valence-corrected chi connectivity index (χ1v) is 12.4. The van der Waals surface area contributed by atoms with E-state index in [1.807, 2.05) is 39.1 Å². The molecule has 184 valence electrons. The molecule has 1 aliphatic heterocycles. The maximum absolute atomic E-state index is 12.6. The number of carbonyl (C=O) groups excluding carboxylic acids is 1. The Balaban J connectivity index is 1.40. The molecule has 0 bridgehead atoms. The molecule has 1 atom stereocenters. The minimum Gasteiger partial charge on any atom is -0.459 e. The number of esters is 1. The van der Waals surface area contributed by atoms with Gasteiger partial charge in [-0.05, 0) is 68.3 Å². The molecule has 1 fully saturated rings. The van der Waals surface area contributed by atoms with Crippen LogP contribution in [0.2, 0.25) is 10.0 Å². The van der Waals surface area contributed by atoms with E-state index in [1.54, 1.807) is 36.5 Å². The van der Waals surface area contributed by atoms with Gasteiger partial charge < -0.3 is 14.4 Å². The van der Waals surface area contributed by atoms with Gasteiger partial charge in [-0.2, -0.15) is 0 Å². The van der Waals surface area contributed by atoms with Crippen molar-refractivity contribution in [2.75, 3.05) is 25.0 Å². The summed E-state index contributed by atoms with van der Waals surface area (Å²) in [5.41, 5.74) is 1.64. The highest BCUT2D eigenvalue weighted by molar-refractivity contribution is 6.34. The Kier molecular flexibility index (Phi) is 8.16. The number of hydrogen-bond donors (Lipinski definition) is 0. The molecule has 3 aromatic rings. The summed E-state index contributed by atoms with van der Waals surface area (Å²) in [6.07, 6.45) is 2.50. The van der Waals surface area contributed by atoms with E-state index in [0.717, 1.165) is 37.4 Å². The Morgan fingerprint density at radius 1 is 1.11 bits per heavy atom. The standard InChI is InChI=1S/C27H29Cl2N3O3/c1-18(2)34-27(33)25-8-5-10-30-26(25)31(3)22-9-11-32(17-22)16-19-6-4-7-23(12-19)35-24-14-20(28)13-21(29)15-24/h4-8,10,12-15,18,22H,9,11,16-17H2,1-3H3. The summed E-state index contributed by atoms with van der Waals surface area (Å²) >= 11 is 12.2. The average Bonchev–Trinajstić information content (AvgIpc) is 3.26. The summed E-state index contributed by atoms with van der Waals surface area (Å²) in [5.74, 6) is 1.64. The number of halogens is 2. The normalized spacial score (nSPS) is 15.9. The molecular formula is C27H29Cl2N3O3. The lowest BCUT2D eigenvalue weighted by atomic mass is 10.2. The van der Waals surface area contributed by atoms with E-state index in [-0.39, 0.29) is 18.1 Å². The molecule has 0 aliphatic carbocycles. The smallest absolute Gasteiger partial charge is 0.342 e. The Labute approximate surface area is 216 Å². The molecule has 0 N–H and O–H groups in total. The van der Waals surface area contributed by atoms with Crippen molar-refractivity contribution in [3.63, 3.8) is 0 Å². The van der Waals surface area contributed by atoms with Crippen LogP contribution >= 0.6 is 23.2 Å². The monoisotopic (exact) mass is 513 g/mol. The second kappa shape index (κ2) is 11.3. The number of rotatable bonds is 8. The number of carbonyl (C=O) groups is 1. The first-order valence-electron chi connectivity index (χ1n) is 11.6. The number of pyridine rings is 1. The van der Waals surface area contributed by atoms with Crippen molar-refractivity contribution in [3.05, 3.63) is 82.0 Å². The zero-order valence-electron chi connectivity index (χ0n) is 20.1. The SMILES string of the molecule is CC(C)OC(=O)c1cccnc1N(C)C1CCN(Cc2cccc(Oc3cc(Cl)cc(Cl)c3)c2)C1. The molecule has 2 heterocycles. The third-order valence-corrected chi connectivity index (χ3v) is 6.29. The molecular weight excluding hydrogens is 485 g/mol. The molecule has 6 nitrogen and oxygen atoms in total. The molecule has 1 saturated heterocycles. The van der Waals surface area contributed by atoms with Crippen LogP contribution in [-0.2, 0) is 11.3 Å². The predicted molar refractivity (Wildman–Crippen MR) is 140 cm³/mol. The summed E-state index contributed by atoms with van der Waals surface area (Å²) < 4.78 is 11.4. The van der Waals surface area contributed by atoms with Gasteiger partial charge in [0.15, 0.2) is 0 Å². The topological polar surface area (TPSA) is 54.9 Å². The van der Waals surface area contributed by atoms with E-state index in [9.17, 15) is 4.79 Å². The lowest BCUT2D eigenvalue weighted by Gasteiger charge is -2.27. The Morgan fingerprint density at radius 2 is 1.89 bits per heavy atom. The lowest BCUT2D eigenvalue weighted by molar-refractivity contribution is 0.0378. The summed E-state index contributed by atoms with van der Waals surface area (Å²) in [6.45, 7) is 6.29. The van der Waals surface area contributed by atoms with Crippen LogP contribution in [0.25, 0.3) is 0 Å². The highest BCUT2D eigenvalue weighted by Gasteiger charge is 2.29. The van der Waals surface area contributed by atoms with E-state index in [4.69, 9.17) is 32.7 Å². The van der Waals surface area contributed by atoms with Gasteiger partial charge in [-0.15, -0.1) is 0 Å². The van der Waals surface area contributed by atoms with Crippen LogP contribution in [0.5, 0.6) is 11.5 Å². The number of aromatic nitrogens is 1. The van der Waals surface area contributed by atoms with Crippen molar-refractivity contribution in [1.82, 2.24) is 9.88 Å². The highest BCUT2D eigenvalue weighted by Crippen LogP contribution is 2.30. The predicted octanol–water partition coefficient (Wildman–Crippen LogP) is 6.46. The third-order valence-electron chi connectivity index (χ3n) is 5.86. The number of ether oxygens (including phenoxy) is 2. The zero-order valence-corrected chi connectivity index (χ0v) is 21.6. The second-order valence-corrected chi connectivity index (χ2v) is 9.84. The van der Waals surface area contributed by atoms with Crippen molar-refractivity contribution >= 4 is 35.0 Å². The summed E-state index contributed by atoms with van der Waals surface area (Å²) in [7, 11) is 1.99. The van der Waals surface area contributed by atoms with Crippen LogP contribution < -0.4 is 9.64 Å². The summed E-state index contributed by atoms with van der Waals surface area (Å²) in [5, 5.41) is 1.06. The van der Waals surface area contributed by atoms with Crippen molar-refractivity contribution in [3.8, 4) is 11.5 Å². The zero-order chi connectivity index (χ0) is 24.9. The van der Waals surface area contributed by atoms with Gasteiger partial charge in [-0.3, -0.25) is 4.90 Å². The van der Waals surface area contributed by atoms with E-state index in [1.165, 1.54) is 0 Å². The van der Waals surface area contributed by atoms with Gasteiger partial charge in [0.25, 0.3) is 0 Å². The maximum atomic E-state index is 12.6. The van der Waals surface area contributed by atoms with Crippen LogP contribution in [-0.4, -0.2) is 48.1 Å². The molecule has 2 aromatic carbocycles. The molecule has 1 aliphatic rings. The molecule has 0 radical (unpaired) electrons. The minimum atomic E-state index is -0.345. The lowest BCUT2D eigenvalue weighted by Crippen LogP contribution is -2.36. The number of hydrogen-bond acceptors (Lipinski definition) is 6. The van der Waals surface area contributed by atoms with Crippen molar-refractivity contribution in [2.45, 2.75) is 39.0 Å². The van der Waals surface area contributed by atoms with Gasteiger partial charge in [-0.25, -0.2) is 9.78 Å². The average molecular weight is 514 g/mol. The van der Waals surface area contributed by atoms with Crippen molar-refractivity contribution in [1.29, 1.82) is 0 Å². The molecule has 35 heavy (non-hydrogen) atoms. The van der Waals surface area contributed by atoms with Gasteiger partial charge >= 0.3 is 5.97 Å². The number of likely N-dealkylation sites (N-methyl/N-ethyl adjacent to an activating group) is 1. The van der Waals surface area contributed by atoms with Crippen LogP contribution in [0.4, 0.5) is 5.82 Å². The highest BCUT2D eigenvalue weighted by atomic mass is 35.5. The van der Waals surface area contributed by atoms with Gasteiger partial charge in [0.1, 0.15) is 22.9 Å². The fourth-order valence-corrected chi connectivity index (χ4v) is 4.75. The van der Waals surface area contributed by atoms with E-state index >= 15 is 0 Å². The number of anilines is 1. The van der Waals surface area contributed by atoms with Crippen molar-refractivity contribution in [2.24, 2.45) is 0 Å². The molecule has 8 heteroatoms. The quantitative estimate of drug-likeness (QED) is 0.322. The fraction of sp³-hybridized carbons (Fsp3) is 0.333. The van der Waals surface area contributed by atoms with E-state index in [2.05, 4.69) is 20.9 Å². The third kappa shape index (κ3) is 6.66. The molecule has 0 amide bonds. The van der Waals surface area contributed by atoms with Gasteiger partial charge in [-0.1, -0.05) is 35.3 Å². The molecule has 0 saturated carbocycles. The van der Waals surface area contributed by atoms with E-state index < -0.39 is 0 Å². The van der Waals surface area contributed by atoms with Gasteiger partial charge in [0, 0.05) is 49.0 Å².